The molecule has 0 aliphatic heterocycles. The van der Waals surface area contributed by atoms with Crippen LogP contribution in [0.5, 0.6) is 0 Å². The molecule has 0 radical (unpaired) electrons. The third kappa shape index (κ3) is 13.8. The van der Waals surface area contributed by atoms with Crippen LogP contribution in [0.2, 0.25) is 0 Å². The maximum Gasteiger partial charge on any atom is 0.150 e. The van der Waals surface area contributed by atoms with Crippen molar-refractivity contribution >= 4 is 6.29 Å². The summed E-state index contributed by atoms with van der Waals surface area (Å²) >= 11 is 0. The van der Waals surface area contributed by atoms with Gasteiger partial charge in [-0.15, -0.1) is 0 Å². The molecule has 0 amide bonds. The lowest BCUT2D eigenvalue weighted by Gasteiger charge is -1.81. The Morgan fingerprint density at radius 2 is 1.85 bits per heavy atom. The average molecular weight is 180 g/mol. The summed E-state index contributed by atoms with van der Waals surface area (Å²) in [4.78, 5) is 10.1. The zero-order chi connectivity index (χ0) is 10.5. The number of carbonyl (C=O) groups excluding carboxylic acids is 1. The van der Waals surface area contributed by atoms with Gasteiger partial charge >= 0.3 is 0 Å². The molecule has 0 rings (SSSR count). The van der Waals surface area contributed by atoms with E-state index in [4.69, 9.17) is 0 Å². The van der Waals surface area contributed by atoms with Crippen LogP contribution < -0.4 is 0 Å². The van der Waals surface area contributed by atoms with Gasteiger partial charge in [-0.25, -0.2) is 0 Å². The van der Waals surface area contributed by atoms with Gasteiger partial charge in [0.15, 0.2) is 0 Å². The van der Waals surface area contributed by atoms with Crippen LogP contribution in [-0.2, 0) is 4.79 Å². The first kappa shape index (κ1) is 14.4. The van der Waals surface area contributed by atoms with Gasteiger partial charge in [0.05, 0.1) is 0 Å². The fourth-order valence-corrected chi connectivity index (χ4v) is 0.463. The van der Waals surface area contributed by atoms with Gasteiger partial charge in [-0.05, 0) is 6.92 Å². The van der Waals surface area contributed by atoms with Gasteiger partial charge < -0.3 is 0 Å². The summed E-state index contributed by atoms with van der Waals surface area (Å²) < 4.78 is 0. The number of allylic oxidation sites excluding steroid dienone is 5. The minimum absolute atomic E-state index is 0.646. The largest absolute Gasteiger partial charge is 0.298 e. The highest BCUT2D eigenvalue weighted by atomic mass is 16.1. The first-order chi connectivity index (χ1) is 6.26. The van der Waals surface area contributed by atoms with E-state index in [1.165, 1.54) is 12.8 Å². The molecule has 0 atom stereocenters. The van der Waals surface area contributed by atoms with E-state index in [0.29, 0.717) is 5.57 Å². The van der Waals surface area contributed by atoms with Gasteiger partial charge in [0.25, 0.3) is 0 Å². The topological polar surface area (TPSA) is 17.1 Å². The van der Waals surface area contributed by atoms with Crippen molar-refractivity contribution in [3.63, 3.8) is 0 Å². The van der Waals surface area contributed by atoms with Crippen LogP contribution in [0.4, 0.5) is 0 Å². The Bertz CT molecular complexity index is 174. The quantitative estimate of drug-likeness (QED) is 0.366. The smallest absolute Gasteiger partial charge is 0.150 e. The van der Waals surface area contributed by atoms with E-state index in [1.807, 2.05) is 13.0 Å². The maximum atomic E-state index is 10.1. The third-order valence-corrected chi connectivity index (χ3v) is 1.31. The van der Waals surface area contributed by atoms with Crippen LogP contribution in [0, 0.1) is 0 Å². The summed E-state index contributed by atoms with van der Waals surface area (Å²) in [6, 6.07) is 0. The number of carbonyl (C=O) groups is 1. The van der Waals surface area contributed by atoms with Crippen molar-refractivity contribution in [2.24, 2.45) is 0 Å². The number of hydrogen-bond acceptors (Lipinski definition) is 1. The molecule has 0 aliphatic carbocycles. The summed E-state index contributed by atoms with van der Waals surface area (Å²) in [6.45, 7) is 9.68. The molecule has 13 heavy (non-hydrogen) atoms. The Hall–Kier alpha value is -1.11. The lowest BCUT2D eigenvalue weighted by Crippen LogP contribution is -1.75. The van der Waals surface area contributed by atoms with Crippen molar-refractivity contribution < 1.29 is 4.79 Å². The highest BCUT2D eigenvalue weighted by Gasteiger charge is 1.80. The predicted octanol–water partition coefficient (Wildman–Crippen LogP) is 3.68. The normalized spacial score (nSPS) is 10.5. The van der Waals surface area contributed by atoms with Crippen molar-refractivity contribution in [1.29, 1.82) is 0 Å². The zero-order valence-electron chi connectivity index (χ0n) is 8.92. The monoisotopic (exact) mass is 180 g/mol. The molecule has 74 valence electrons. The minimum Gasteiger partial charge on any atom is -0.298 e. The van der Waals surface area contributed by atoms with Gasteiger partial charge in [-0.3, -0.25) is 4.79 Å². The third-order valence-electron chi connectivity index (χ3n) is 1.31. The molecule has 0 aromatic heterocycles. The molecular weight excluding hydrogens is 160 g/mol. The zero-order valence-corrected chi connectivity index (χ0v) is 8.92. The van der Waals surface area contributed by atoms with E-state index in [0.717, 1.165) is 6.29 Å². The summed E-state index contributed by atoms with van der Waals surface area (Å²) in [5.41, 5.74) is 0.646. The second kappa shape index (κ2) is 13.5. The van der Waals surface area contributed by atoms with E-state index in [2.05, 4.69) is 20.4 Å². The standard InChI is InChI=1S/C8H10O.C4H10/c1-3-5-8(7-9)6-4-2;1-3-4-2/h3-7H,1H2,2H3;3-4H2,1-2H3/b6-4-,8-5+;. The summed E-state index contributed by atoms with van der Waals surface area (Å²) in [5, 5.41) is 0. The Morgan fingerprint density at radius 3 is 2.08 bits per heavy atom. The molecule has 0 bridgehead atoms. The van der Waals surface area contributed by atoms with Crippen molar-refractivity contribution in [3.05, 3.63) is 36.5 Å². The Kier molecular flexibility index (Phi) is 14.9. The lowest BCUT2D eigenvalue weighted by molar-refractivity contribution is -0.104. The van der Waals surface area contributed by atoms with E-state index < -0.39 is 0 Å². The average Bonchev–Trinajstić information content (AvgIpc) is 2.18. The minimum atomic E-state index is 0.646. The second-order valence-corrected chi connectivity index (χ2v) is 2.52. The lowest BCUT2D eigenvalue weighted by atomic mass is 10.2. The summed E-state index contributed by atoms with van der Waals surface area (Å²) in [5.74, 6) is 0. The Balaban J connectivity index is 0. The van der Waals surface area contributed by atoms with E-state index in [9.17, 15) is 4.79 Å². The summed E-state index contributed by atoms with van der Waals surface area (Å²) in [7, 11) is 0. The van der Waals surface area contributed by atoms with Crippen LogP contribution in [0.15, 0.2) is 36.5 Å². The van der Waals surface area contributed by atoms with E-state index in [1.54, 1.807) is 18.2 Å². The molecule has 0 aromatic rings. The van der Waals surface area contributed by atoms with Crippen LogP contribution in [0.25, 0.3) is 0 Å². The number of aldehydes is 1. The second-order valence-electron chi connectivity index (χ2n) is 2.52. The Morgan fingerprint density at radius 1 is 1.31 bits per heavy atom. The van der Waals surface area contributed by atoms with Gasteiger partial charge in [0.2, 0.25) is 0 Å². The molecule has 0 saturated carbocycles. The molecule has 0 heterocycles. The first-order valence-corrected chi connectivity index (χ1v) is 4.67. The molecular formula is C12H20O. The molecule has 0 aliphatic rings. The fourth-order valence-electron chi connectivity index (χ4n) is 0.463. The van der Waals surface area contributed by atoms with Crippen LogP contribution in [0.3, 0.4) is 0 Å². The van der Waals surface area contributed by atoms with E-state index >= 15 is 0 Å². The maximum absolute atomic E-state index is 10.1. The Labute approximate surface area is 81.9 Å². The van der Waals surface area contributed by atoms with Crippen molar-refractivity contribution in [3.8, 4) is 0 Å². The molecule has 1 nitrogen and oxygen atoms in total. The van der Waals surface area contributed by atoms with Gasteiger partial charge in [-0.1, -0.05) is 57.6 Å². The van der Waals surface area contributed by atoms with Crippen LogP contribution in [0.1, 0.15) is 33.6 Å². The van der Waals surface area contributed by atoms with Crippen molar-refractivity contribution in [2.75, 3.05) is 0 Å². The molecule has 0 fully saturated rings. The molecule has 1 heteroatoms. The molecule has 0 aromatic carbocycles. The highest BCUT2D eigenvalue weighted by molar-refractivity contribution is 5.77. The highest BCUT2D eigenvalue weighted by Crippen LogP contribution is 1.90. The number of rotatable bonds is 4. The van der Waals surface area contributed by atoms with Gasteiger partial charge in [0, 0.05) is 5.57 Å². The number of hydrogen-bond donors (Lipinski definition) is 0. The van der Waals surface area contributed by atoms with Crippen LogP contribution >= 0.6 is 0 Å². The predicted molar refractivity (Wildman–Crippen MR) is 59.7 cm³/mol. The molecule has 0 N–H and O–H groups in total. The molecule has 0 spiro atoms. The SMILES string of the molecule is C=C/C=C(C=O)\C=C/C.CCCC. The molecule has 0 unspecified atom stereocenters. The van der Waals surface area contributed by atoms with E-state index in [-0.39, 0.29) is 0 Å². The van der Waals surface area contributed by atoms with Crippen molar-refractivity contribution in [2.45, 2.75) is 33.6 Å². The van der Waals surface area contributed by atoms with Gasteiger partial charge in [0.1, 0.15) is 6.29 Å². The van der Waals surface area contributed by atoms with Crippen LogP contribution in [-0.4, -0.2) is 6.29 Å². The van der Waals surface area contributed by atoms with Crippen molar-refractivity contribution in [1.82, 2.24) is 0 Å². The molecule has 0 saturated heterocycles. The first-order valence-electron chi connectivity index (χ1n) is 4.67. The van der Waals surface area contributed by atoms with Gasteiger partial charge in [-0.2, -0.15) is 0 Å². The summed E-state index contributed by atoms with van der Waals surface area (Å²) in [6.07, 6.45) is 10.2. The fraction of sp³-hybridized carbons (Fsp3) is 0.417. The number of unbranched alkanes of at least 4 members (excludes halogenated alkanes) is 1.